The van der Waals surface area contributed by atoms with Gasteiger partial charge in [-0.25, -0.2) is 0 Å². The Morgan fingerprint density at radius 1 is 1.05 bits per heavy atom. The Morgan fingerprint density at radius 2 is 1.63 bits per heavy atom. The van der Waals surface area contributed by atoms with Gasteiger partial charge >= 0.3 is 12.4 Å². The largest absolute Gasteiger partial charge is 0.417 e. The Kier molecular flexibility index (Phi) is 4.12. The van der Waals surface area contributed by atoms with Gasteiger partial charge in [-0.3, -0.25) is 0 Å². The zero-order valence-electron chi connectivity index (χ0n) is 9.86. The van der Waals surface area contributed by atoms with Crippen LogP contribution in [0.4, 0.5) is 26.3 Å². The Hall–Kier alpha value is -1.72. The van der Waals surface area contributed by atoms with Crippen molar-refractivity contribution in [3.8, 4) is 0 Å². The molecule has 0 bridgehead atoms. The first-order valence-electron chi connectivity index (χ1n) is 5.18. The fourth-order valence-corrected chi connectivity index (χ4v) is 1.59. The van der Waals surface area contributed by atoms with Gasteiger partial charge in [-0.15, -0.1) is 0 Å². The van der Waals surface area contributed by atoms with E-state index in [1.807, 2.05) is 0 Å². The molecule has 0 nitrogen and oxygen atoms in total. The summed E-state index contributed by atoms with van der Waals surface area (Å²) in [5.41, 5.74) is -2.85. The average Bonchev–Trinajstić information content (AvgIpc) is 2.28. The molecule has 0 radical (unpaired) electrons. The summed E-state index contributed by atoms with van der Waals surface area (Å²) in [7, 11) is 0. The SMILES string of the molecule is C=C/C(=C\C)c1ccc(C(F)(F)F)cc1C(F)(F)F. The lowest BCUT2D eigenvalue weighted by Crippen LogP contribution is -2.13. The van der Waals surface area contributed by atoms with Crippen LogP contribution in [0, 0.1) is 0 Å². The smallest absolute Gasteiger partial charge is 0.166 e. The minimum atomic E-state index is -4.87. The third-order valence-corrected chi connectivity index (χ3v) is 2.49. The van der Waals surface area contributed by atoms with Crippen LogP contribution in [0.3, 0.4) is 0 Å². The number of halogens is 6. The van der Waals surface area contributed by atoms with Crippen molar-refractivity contribution in [2.75, 3.05) is 0 Å². The highest BCUT2D eigenvalue weighted by molar-refractivity contribution is 5.76. The molecule has 0 fully saturated rings. The van der Waals surface area contributed by atoms with Gasteiger partial charge in [-0.1, -0.05) is 24.8 Å². The Labute approximate surface area is 106 Å². The maximum Gasteiger partial charge on any atom is 0.417 e. The van der Waals surface area contributed by atoms with Crippen molar-refractivity contribution in [2.24, 2.45) is 0 Å². The Balaban J connectivity index is 3.55. The van der Waals surface area contributed by atoms with E-state index in [0.717, 1.165) is 12.1 Å². The van der Waals surface area contributed by atoms with Crippen LogP contribution in [0.1, 0.15) is 23.6 Å². The van der Waals surface area contributed by atoms with E-state index in [1.54, 1.807) is 0 Å². The fraction of sp³-hybridized carbons (Fsp3) is 0.231. The zero-order chi connectivity index (χ0) is 14.8. The average molecular weight is 280 g/mol. The molecule has 1 rings (SSSR count). The number of allylic oxidation sites excluding steroid dienone is 3. The first-order chi connectivity index (χ1) is 8.61. The van der Waals surface area contributed by atoms with E-state index in [-0.39, 0.29) is 17.2 Å². The monoisotopic (exact) mass is 280 g/mol. The van der Waals surface area contributed by atoms with Gasteiger partial charge in [0.25, 0.3) is 0 Å². The third kappa shape index (κ3) is 3.39. The maximum absolute atomic E-state index is 12.8. The van der Waals surface area contributed by atoms with E-state index >= 15 is 0 Å². The van der Waals surface area contributed by atoms with Crippen molar-refractivity contribution in [1.29, 1.82) is 0 Å². The summed E-state index contributed by atoms with van der Waals surface area (Å²) in [6, 6.07) is 1.54. The molecular formula is C13H10F6. The highest BCUT2D eigenvalue weighted by Gasteiger charge is 2.38. The number of benzene rings is 1. The molecule has 0 spiro atoms. The molecule has 104 valence electrons. The van der Waals surface area contributed by atoms with Gasteiger partial charge in [0.1, 0.15) is 0 Å². The summed E-state index contributed by atoms with van der Waals surface area (Å²) in [6.07, 6.45) is -7.17. The van der Waals surface area contributed by atoms with Crippen LogP contribution in [0.5, 0.6) is 0 Å². The minimum absolute atomic E-state index is 0.113. The normalized spacial score (nSPS) is 13.5. The zero-order valence-corrected chi connectivity index (χ0v) is 9.86. The molecule has 0 aliphatic heterocycles. The summed E-state index contributed by atoms with van der Waals surface area (Å²) in [5.74, 6) is 0. The lowest BCUT2D eigenvalue weighted by atomic mass is 9.96. The van der Waals surface area contributed by atoms with Crippen molar-refractivity contribution >= 4 is 5.57 Å². The second-order valence-electron chi connectivity index (χ2n) is 3.70. The van der Waals surface area contributed by atoms with E-state index < -0.39 is 23.5 Å². The van der Waals surface area contributed by atoms with Crippen molar-refractivity contribution in [3.05, 3.63) is 53.6 Å². The van der Waals surface area contributed by atoms with E-state index in [0.29, 0.717) is 6.07 Å². The standard InChI is InChI=1S/C13H10F6/c1-3-8(4-2)10-6-5-9(12(14,15)16)7-11(10)13(17,18)19/h3-7H,1H2,2H3/b8-4+. The maximum atomic E-state index is 12.8. The first-order valence-corrected chi connectivity index (χ1v) is 5.18. The number of rotatable bonds is 2. The quantitative estimate of drug-likeness (QED) is 0.508. The van der Waals surface area contributed by atoms with Gasteiger partial charge in [0.05, 0.1) is 11.1 Å². The van der Waals surface area contributed by atoms with E-state index in [2.05, 4.69) is 6.58 Å². The molecule has 1 aromatic carbocycles. The molecule has 19 heavy (non-hydrogen) atoms. The van der Waals surface area contributed by atoms with Gasteiger partial charge in [0.2, 0.25) is 0 Å². The molecule has 0 amide bonds. The molecule has 0 aromatic heterocycles. The number of hydrogen-bond donors (Lipinski definition) is 0. The van der Waals surface area contributed by atoms with Gasteiger partial charge in [-0.05, 0) is 30.2 Å². The molecule has 1 aromatic rings. The molecule has 0 heterocycles. The predicted molar refractivity (Wildman–Crippen MR) is 60.3 cm³/mol. The summed E-state index contributed by atoms with van der Waals surface area (Å²) >= 11 is 0. The summed E-state index contributed by atoms with van der Waals surface area (Å²) in [4.78, 5) is 0. The highest BCUT2D eigenvalue weighted by Crippen LogP contribution is 2.39. The number of alkyl halides is 6. The highest BCUT2D eigenvalue weighted by atomic mass is 19.4. The summed E-state index contributed by atoms with van der Waals surface area (Å²) < 4.78 is 75.8. The molecule has 0 aliphatic carbocycles. The van der Waals surface area contributed by atoms with Gasteiger partial charge in [0.15, 0.2) is 0 Å². The van der Waals surface area contributed by atoms with Crippen molar-refractivity contribution in [1.82, 2.24) is 0 Å². The molecule has 6 heteroatoms. The molecule has 0 unspecified atom stereocenters. The molecule has 0 saturated heterocycles. The first kappa shape index (κ1) is 15.3. The lowest BCUT2D eigenvalue weighted by molar-refractivity contribution is -0.143. The van der Waals surface area contributed by atoms with Crippen LogP contribution >= 0.6 is 0 Å². The molecule has 0 saturated carbocycles. The summed E-state index contributed by atoms with van der Waals surface area (Å²) in [6.45, 7) is 4.83. The van der Waals surface area contributed by atoms with Crippen molar-refractivity contribution < 1.29 is 26.3 Å². The van der Waals surface area contributed by atoms with Crippen molar-refractivity contribution in [3.63, 3.8) is 0 Å². The topological polar surface area (TPSA) is 0 Å². The molecular weight excluding hydrogens is 270 g/mol. The second kappa shape index (κ2) is 5.11. The van der Waals surface area contributed by atoms with Crippen molar-refractivity contribution in [2.45, 2.75) is 19.3 Å². The summed E-state index contributed by atoms with van der Waals surface area (Å²) in [5, 5.41) is 0. The molecule has 0 N–H and O–H groups in total. The predicted octanol–water partition coefficient (Wildman–Crippen LogP) is 5.31. The lowest BCUT2D eigenvalue weighted by Gasteiger charge is -2.16. The van der Waals surface area contributed by atoms with Crippen LogP contribution in [0.15, 0.2) is 36.9 Å². The van der Waals surface area contributed by atoms with Gasteiger partial charge in [-0.2, -0.15) is 26.3 Å². The van der Waals surface area contributed by atoms with E-state index in [4.69, 9.17) is 0 Å². The van der Waals surface area contributed by atoms with Crippen LogP contribution in [-0.2, 0) is 12.4 Å². The minimum Gasteiger partial charge on any atom is -0.166 e. The van der Waals surface area contributed by atoms with E-state index in [1.165, 1.54) is 13.0 Å². The second-order valence-corrected chi connectivity index (χ2v) is 3.70. The van der Waals surface area contributed by atoms with E-state index in [9.17, 15) is 26.3 Å². The van der Waals surface area contributed by atoms with Gasteiger partial charge in [0, 0.05) is 0 Å². The van der Waals surface area contributed by atoms with Crippen LogP contribution < -0.4 is 0 Å². The molecule has 0 atom stereocenters. The fourth-order valence-electron chi connectivity index (χ4n) is 1.59. The Morgan fingerprint density at radius 3 is 2.00 bits per heavy atom. The van der Waals surface area contributed by atoms with Crippen LogP contribution in [0.2, 0.25) is 0 Å². The van der Waals surface area contributed by atoms with Crippen LogP contribution in [-0.4, -0.2) is 0 Å². The molecule has 0 aliphatic rings. The Bertz CT molecular complexity index is 505. The number of hydrogen-bond acceptors (Lipinski definition) is 0. The van der Waals surface area contributed by atoms with Crippen LogP contribution in [0.25, 0.3) is 5.57 Å². The van der Waals surface area contributed by atoms with Gasteiger partial charge < -0.3 is 0 Å². The third-order valence-electron chi connectivity index (χ3n) is 2.49.